The van der Waals surface area contributed by atoms with Crippen LogP contribution >= 0.6 is 23.2 Å². The Morgan fingerprint density at radius 1 is 1.05 bits per heavy atom. The van der Waals surface area contributed by atoms with E-state index in [1.54, 1.807) is 12.1 Å². The Morgan fingerprint density at radius 3 is 2.26 bits per heavy atom. The molecule has 1 aromatic heterocycles. The van der Waals surface area contributed by atoms with E-state index in [2.05, 4.69) is 9.88 Å². The quantitative estimate of drug-likeness (QED) is 0.859. The van der Waals surface area contributed by atoms with Crippen LogP contribution in [0.3, 0.4) is 0 Å². The van der Waals surface area contributed by atoms with Crippen molar-refractivity contribution in [2.24, 2.45) is 0 Å². The summed E-state index contributed by atoms with van der Waals surface area (Å²) in [6.45, 7) is 1.25. The van der Waals surface area contributed by atoms with Crippen LogP contribution in [-0.2, 0) is 6.54 Å². The number of benzene rings is 1. The number of halogens is 2. The lowest BCUT2D eigenvalue weighted by atomic mass is 10.2. The van der Waals surface area contributed by atoms with Crippen LogP contribution in [0.2, 0.25) is 10.3 Å². The van der Waals surface area contributed by atoms with Crippen LogP contribution in [0.25, 0.3) is 0 Å². The standard InChI is InChI=1S/C14H14Cl2N2O/c15-13-8-11(9-14(16)17-13)10-18(6-7-19)12-4-2-1-3-5-12/h1-5,8-9,19H,6-7,10H2. The summed E-state index contributed by atoms with van der Waals surface area (Å²) >= 11 is 11.8. The van der Waals surface area contributed by atoms with Crippen LogP contribution in [-0.4, -0.2) is 23.2 Å². The van der Waals surface area contributed by atoms with E-state index >= 15 is 0 Å². The number of anilines is 1. The van der Waals surface area contributed by atoms with E-state index in [1.165, 1.54) is 0 Å². The third kappa shape index (κ3) is 4.10. The summed E-state index contributed by atoms with van der Waals surface area (Å²) in [6.07, 6.45) is 0. The summed E-state index contributed by atoms with van der Waals surface area (Å²) in [7, 11) is 0. The van der Waals surface area contributed by atoms with Gasteiger partial charge in [0, 0.05) is 18.8 Å². The number of aromatic nitrogens is 1. The Kier molecular flexibility index (Phi) is 5.02. The molecule has 2 rings (SSSR count). The summed E-state index contributed by atoms with van der Waals surface area (Å²) in [5.41, 5.74) is 2.00. The summed E-state index contributed by atoms with van der Waals surface area (Å²) in [4.78, 5) is 5.98. The summed E-state index contributed by atoms with van der Waals surface area (Å²) < 4.78 is 0. The van der Waals surface area contributed by atoms with Gasteiger partial charge in [-0.15, -0.1) is 0 Å². The predicted molar refractivity (Wildman–Crippen MR) is 78.8 cm³/mol. The molecule has 1 heterocycles. The van der Waals surface area contributed by atoms with Crippen molar-refractivity contribution < 1.29 is 5.11 Å². The highest BCUT2D eigenvalue weighted by molar-refractivity contribution is 6.32. The molecule has 0 atom stereocenters. The van der Waals surface area contributed by atoms with Gasteiger partial charge < -0.3 is 10.0 Å². The van der Waals surface area contributed by atoms with Crippen LogP contribution in [0.15, 0.2) is 42.5 Å². The zero-order valence-corrected chi connectivity index (χ0v) is 11.8. The van der Waals surface area contributed by atoms with Gasteiger partial charge in [0.15, 0.2) is 0 Å². The van der Waals surface area contributed by atoms with Gasteiger partial charge in [-0.25, -0.2) is 4.98 Å². The Bertz CT molecular complexity index is 514. The Morgan fingerprint density at radius 2 is 1.68 bits per heavy atom. The van der Waals surface area contributed by atoms with E-state index in [0.717, 1.165) is 11.3 Å². The first-order chi connectivity index (χ1) is 9.19. The number of para-hydroxylation sites is 1. The molecule has 0 saturated carbocycles. The van der Waals surface area contributed by atoms with Crippen molar-refractivity contribution in [2.45, 2.75) is 6.54 Å². The zero-order valence-electron chi connectivity index (χ0n) is 10.3. The molecule has 0 bridgehead atoms. The molecule has 1 aromatic carbocycles. The van der Waals surface area contributed by atoms with Gasteiger partial charge in [-0.3, -0.25) is 0 Å². The molecule has 3 nitrogen and oxygen atoms in total. The molecule has 0 saturated heterocycles. The fraction of sp³-hybridized carbons (Fsp3) is 0.214. The van der Waals surface area contributed by atoms with E-state index in [1.807, 2.05) is 30.3 Å². The van der Waals surface area contributed by atoms with Gasteiger partial charge in [0.25, 0.3) is 0 Å². The number of aliphatic hydroxyl groups is 1. The average molecular weight is 297 g/mol. The molecular weight excluding hydrogens is 283 g/mol. The molecule has 2 aromatic rings. The first-order valence-corrected chi connectivity index (χ1v) is 6.67. The minimum Gasteiger partial charge on any atom is -0.395 e. The van der Waals surface area contributed by atoms with Crippen LogP contribution in [0.5, 0.6) is 0 Å². The second-order valence-corrected chi connectivity index (χ2v) is 4.88. The van der Waals surface area contributed by atoms with Crippen LogP contribution in [0.4, 0.5) is 5.69 Å². The molecule has 0 fully saturated rings. The van der Waals surface area contributed by atoms with Crippen molar-refractivity contribution in [3.63, 3.8) is 0 Å². The molecule has 5 heteroatoms. The number of aliphatic hydroxyl groups excluding tert-OH is 1. The van der Waals surface area contributed by atoms with Crippen molar-refractivity contribution in [1.29, 1.82) is 0 Å². The number of rotatable bonds is 5. The van der Waals surface area contributed by atoms with Gasteiger partial charge in [-0.1, -0.05) is 41.4 Å². The highest BCUT2D eigenvalue weighted by Crippen LogP contribution is 2.20. The van der Waals surface area contributed by atoms with Gasteiger partial charge in [0.2, 0.25) is 0 Å². The first-order valence-electron chi connectivity index (χ1n) is 5.92. The Labute approximate surface area is 122 Å². The van der Waals surface area contributed by atoms with E-state index in [0.29, 0.717) is 23.4 Å². The summed E-state index contributed by atoms with van der Waals surface area (Å²) in [5, 5.41) is 9.93. The maximum atomic E-state index is 9.18. The number of nitrogens with zero attached hydrogens (tertiary/aromatic N) is 2. The SMILES string of the molecule is OCCN(Cc1cc(Cl)nc(Cl)c1)c1ccccc1. The predicted octanol–water partition coefficient (Wildman–Crippen LogP) is 3.39. The monoisotopic (exact) mass is 296 g/mol. The van der Waals surface area contributed by atoms with Crippen molar-refractivity contribution >= 4 is 28.9 Å². The highest BCUT2D eigenvalue weighted by atomic mass is 35.5. The Hall–Kier alpha value is -1.29. The molecule has 1 N–H and O–H groups in total. The lowest BCUT2D eigenvalue weighted by Gasteiger charge is -2.24. The van der Waals surface area contributed by atoms with Crippen LogP contribution < -0.4 is 4.90 Å². The molecule has 0 aliphatic rings. The zero-order chi connectivity index (χ0) is 13.7. The molecule has 0 aliphatic heterocycles. The maximum Gasteiger partial charge on any atom is 0.131 e. The van der Waals surface area contributed by atoms with Crippen molar-refractivity contribution in [3.05, 3.63) is 58.3 Å². The van der Waals surface area contributed by atoms with E-state index in [4.69, 9.17) is 23.2 Å². The normalized spacial score (nSPS) is 10.5. The van der Waals surface area contributed by atoms with E-state index in [9.17, 15) is 5.11 Å². The molecule has 19 heavy (non-hydrogen) atoms. The van der Waals surface area contributed by atoms with Gasteiger partial charge in [0.1, 0.15) is 10.3 Å². The van der Waals surface area contributed by atoms with Gasteiger partial charge in [-0.05, 0) is 29.8 Å². The highest BCUT2D eigenvalue weighted by Gasteiger charge is 2.08. The molecule has 0 amide bonds. The molecular formula is C14H14Cl2N2O. The van der Waals surface area contributed by atoms with E-state index < -0.39 is 0 Å². The van der Waals surface area contributed by atoms with Crippen LogP contribution in [0.1, 0.15) is 5.56 Å². The molecule has 0 unspecified atom stereocenters. The third-order valence-electron chi connectivity index (χ3n) is 2.69. The number of hydrogen-bond donors (Lipinski definition) is 1. The summed E-state index contributed by atoms with van der Waals surface area (Å²) in [5.74, 6) is 0. The molecule has 0 spiro atoms. The summed E-state index contributed by atoms with van der Waals surface area (Å²) in [6, 6.07) is 13.4. The van der Waals surface area contributed by atoms with Crippen molar-refractivity contribution in [1.82, 2.24) is 4.98 Å². The van der Waals surface area contributed by atoms with Crippen molar-refractivity contribution in [2.75, 3.05) is 18.1 Å². The average Bonchev–Trinajstić information content (AvgIpc) is 2.38. The van der Waals surface area contributed by atoms with E-state index in [-0.39, 0.29) is 6.61 Å². The Balaban J connectivity index is 2.21. The lowest BCUT2D eigenvalue weighted by molar-refractivity contribution is 0.301. The molecule has 0 radical (unpaired) electrons. The fourth-order valence-corrected chi connectivity index (χ4v) is 2.39. The minimum absolute atomic E-state index is 0.0848. The van der Waals surface area contributed by atoms with Gasteiger partial charge >= 0.3 is 0 Å². The fourth-order valence-electron chi connectivity index (χ4n) is 1.88. The third-order valence-corrected chi connectivity index (χ3v) is 3.07. The lowest BCUT2D eigenvalue weighted by Crippen LogP contribution is -2.26. The number of pyridine rings is 1. The smallest absolute Gasteiger partial charge is 0.131 e. The number of hydrogen-bond acceptors (Lipinski definition) is 3. The van der Waals surface area contributed by atoms with Gasteiger partial charge in [-0.2, -0.15) is 0 Å². The minimum atomic E-state index is 0.0848. The molecule has 100 valence electrons. The van der Waals surface area contributed by atoms with Gasteiger partial charge in [0.05, 0.1) is 6.61 Å². The second kappa shape index (κ2) is 6.75. The molecule has 0 aliphatic carbocycles. The largest absolute Gasteiger partial charge is 0.395 e. The second-order valence-electron chi connectivity index (χ2n) is 4.10. The first kappa shape index (κ1) is 14.1. The topological polar surface area (TPSA) is 36.4 Å². The maximum absolute atomic E-state index is 9.18. The van der Waals surface area contributed by atoms with Crippen molar-refractivity contribution in [3.8, 4) is 0 Å². The van der Waals surface area contributed by atoms with Crippen LogP contribution in [0, 0.1) is 0 Å².